The predicted octanol–water partition coefficient (Wildman–Crippen LogP) is 11.7. The van der Waals surface area contributed by atoms with Crippen LogP contribution >= 0.6 is 7.82 Å². The first-order valence-corrected chi connectivity index (χ1v) is 23.5. The van der Waals surface area contributed by atoms with Crippen molar-refractivity contribution >= 4 is 19.8 Å². The molecular weight excluding hydrogens is 701 g/mol. The zero-order valence-electron chi connectivity index (χ0n) is 35.7. The molecule has 1 unspecified atom stereocenters. The van der Waals surface area contributed by atoms with Crippen molar-refractivity contribution in [3.05, 3.63) is 24.3 Å². The molecule has 0 amide bonds. The second-order valence-electron chi connectivity index (χ2n) is 16.1. The van der Waals surface area contributed by atoms with Gasteiger partial charge in [-0.15, -0.1) is 0 Å². The van der Waals surface area contributed by atoms with Crippen LogP contribution in [0, 0.1) is 0 Å². The van der Waals surface area contributed by atoms with Crippen LogP contribution in [0.1, 0.15) is 194 Å². The molecule has 0 aliphatic heterocycles. The van der Waals surface area contributed by atoms with Gasteiger partial charge in [0, 0.05) is 12.8 Å². The van der Waals surface area contributed by atoms with Crippen LogP contribution in [-0.4, -0.2) is 70.0 Å². The van der Waals surface area contributed by atoms with Crippen LogP contribution in [0.25, 0.3) is 0 Å². The summed E-state index contributed by atoms with van der Waals surface area (Å²) < 4.78 is 33.8. The lowest BCUT2D eigenvalue weighted by Gasteiger charge is -2.28. The Labute approximate surface area is 332 Å². The second-order valence-corrected chi connectivity index (χ2v) is 17.5. The number of carbonyl (C=O) groups is 2. The fourth-order valence-corrected chi connectivity index (χ4v) is 6.71. The summed E-state index contributed by atoms with van der Waals surface area (Å²) in [5.74, 6) is -0.866. The van der Waals surface area contributed by atoms with Crippen molar-refractivity contribution in [2.24, 2.45) is 0 Å². The Morgan fingerprint density at radius 1 is 0.574 bits per heavy atom. The molecule has 0 fully saturated rings. The third kappa shape index (κ3) is 40.2. The molecule has 0 radical (unpaired) electrons. The van der Waals surface area contributed by atoms with Crippen LogP contribution in [0.5, 0.6) is 0 Å². The quantitative estimate of drug-likeness (QED) is 0.0198. The molecule has 0 aromatic rings. The van der Waals surface area contributed by atoms with Gasteiger partial charge in [-0.3, -0.25) is 14.2 Å². The van der Waals surface area contributed by atoms with Crippen molar-refractivity contribution in [3.63, 3.8) is 0 Å². The summed E-state index contributed by atoms with van der Waals surface area (Å²) in [6.45, 7) is 4.19. The number of unbranched alkanes of at least 4 members (excludes halogenated alkanes) is 22. The molecule has 0 aromatic heterocycles. The number of quaternary nitrogens is 1. The number of phosphoric ester groups is 1. The molecule has 0 saturated heterocycles. The number of rotatable bonds is 40. The first-order valence-electron chi connectivity index (χ1n) is 22.0. The van der Waals surface area contributed by atoms with E-state index in [4.69, 9.17) is 18.5 Å². The third-order valence-electron chi connectivity index (χ3n) is 9.47. The van der Waals surface area contributed by atoms with E-state index in [-0.39, 0.29) is 32.0 Å². The number of likely N-dealkylation sites (N-methyl/N-ethyl adjacent to an activating group) is 1. The normalized spacial score (nSPS) is 13.8. The molecule has 0 spiro atoms. The van der Waals surface area contributed by atoms with Gasteiger partial charge in [0.2, 0.25) is 0 Å². The van der Waals surface area contributed by atoms with Crippen LogP contribution in [0.2, 0.25) is 0 Å². The van der Waals surface area contributed by atoms with E-state index in [1.165, 1.54) is 116 Å². The molecule has 0 aliphatic rings. The van der Waals surface area contributed by atoms with Crippen molar-refractivity contribution in [1.82, 2.24) is 0 Å². The number of esters is 2. The molecule has 9 nitrogen and oxygen atoms in total. The fourth-order valence-electron chi connectivity index (χ4n) is 5.98. The second kappa shape index (κ2) is 37.1. The topological polar surface area (TPSA) is 111 Å². The third-order valence-corrected chi connectivity index (χ3v) is 10.4. The molecule has 318 valence electrons. The molecule has 0 aliphatic carbocycles. The summed E-state index contributed by atoms with van der Waals surface area (Å²) in [5.41, 5.74) is 0. The Kier molecular flexibility index (Phi) is 36.1. The number of hydrogen-bond donors (Lipinski definition) is 0. The van der Waals surface area contributed by atoms with Crippen LogP contribution in [0.15, 0.2) is 24.3 Å². The highest BCUT2D eigenvalue weighted by atomic mass is 31.2. The lowest BCUT2D eigenvalue weighted by molar-refractivity contribution is -0.870. The molecular formula is C44H84NO8P. The number of carbonyl (C=O) groups excluding carboxylic acids is 2. The highest BCUT2D eigenvalue weighted by Gasteiger charge is 2.21. The summed E-state index contributed by atoms with van der Waals surface area (Å²) in [4.78, 5) is 37.5. The van der Waals surface area contributed by atoms with Crippen molar-refractivity contribution in [2.75, 3.05) is 47.5 Å². The van der Waals surface area contributed by atoms with Crippen molar-refractivity contribution in [1.29, 1.82) is 0 Å². The summed E-state index contributed by atoms with van der Waals surface area (Å²) in [5, 5.41) is 0. The Morgan fingerprint density at radius 2 is 1.00 bits per heavy atom. The first kappa shape index (κ1) is 52.5. The van der Waals surface area contributed by atoms with Gasteiger partial charge < -0.3 is 27.9 Å². The van der Waals surface area contributed by atoms with Gasteiger partial charge >= 0.3 is 11.9 Å². The summed E-state index contributed by atoms with van der Waals surface area (Å²) in [7, 11) is 1.15. The number of nitrogens with zero attached hydrogens (tertiary/aromatic N) is 1. The lowest BCUT2D eigenvalue weighted by atomic mass is 10.0. The van der Waals surface area contributed by atoms with Gasteiger partial charge in [0.15, 0.2) is 6.10 Å². The van der Waals surface area contributed by atoms with E-state index in [2.05, 4.69) is 38.2 Å². The van der Waals surface area contributed by atoms with E-state index in [9.17, 15) is 19.0 Å². The van der Waals surface area contributed by atoms with Gasteiger partial charge in [0.25, 0.3) is 7.82 Å². The van der Waals surface area contributed by atoms with Crippen molar-refractivity contribution < 1.29 is 42.1 Å². The highest BCUT2D eigenvalue weighted by Crippen LogP contribution is 2.38. The van der Waals surface area contributed by atoms with Gasteiger partial charge in [-0.25, -0.2) is 0 Å². The van der Waals surface area contributed by atoms with E-state index in [0.717, 1.165) is 44.9 Å². The van der Waals surface area contributed by atoms with Gasteiger partial charge in [-0.2, -0.15) is 0 Å². The molecule has 10 heteroatoms. The minimum atomic E-state index is -4.63. The largest absolute Gasteiger partial charge is 0.756 e. The highest BCUT2D eigenvalue weighted by molar-refractivity contribution is 7.45. The molecule has 0 rings (SSSR count). The Morgan fingerprint density at radius 3 is 1.50 bits per heavy atom. The first-order chi connectivity index (χ1) is 26.0. The average Bonchev–Trinajstić information content (AvgIpc) is 3.12. The van der Waals surface area contributed by atoms with E-state index in [1.807, 2.05) is 21.1 Å². The molecule has 0 bridgehead atoms. The molecule has 0 aromatic carbocycles. The van der Waals surface area contributed by atoms with Crippen LogP contribution in [0.3, 0.4) is 0 Å². The predicted molar refractivity (Wildman–Crippen MR) is 222 cm³/mol. The maximum atomic E-state index is 12.6. The van der Waals surface area contributed by atoms with Crippen molar-refractivity contribution in [2.45, 2.75) is 200 Å². The smallest absolute Gasteiger partial charge is 0.306 e. The van der Waals surface area contributed by atoms with Gasteiger partial charge in [0.1, 0.15) is 19.8 Å². The number of ether oxygens (including phenoxy) is 2. The van der Waals surface area contributed by atoms with E-state index >= 15 is 0 Å². The lowest BCUT2D eigenvalue weighted by Crippen LogP contribution is -2.37. The SMILES string of the molecule is CCCCCCCC/C=C\C/C=C\CCCCC(=O)O[C@H](COC(=O)CCCCCCCCCCCCCCCCC)COP(=O)([O-])OCC[N+](C)(C)C. The maximum absolute atomic E-state index is 12.6. The van der Waals surface area contributed by atoms with Crippen molar-refractivity contribution in [3.8, 4) is 0 Å². The monoisotopic (exact) mass is 786 g/mol. The molecule has 0 saturated carbocycles. The Balaban J connectivity index is 4.40. The zero-order valence-corrected chi connectivity index (χ0v) is 36.6. The minimum absolute atomic E-state index is 0.0348. The molecule has 0 heterocycles. The van der Waals surface area contributed by atoms with E-state index in [0.29, 0.717) is 17.4 Å². The van der Waals surface area contributed by atoms with Crippen LogP contribution < -0.4 is 4.89 Å². The molecule has 54 heavy (non-hydrogen) atoms. The van der Waals surface area contributed by atoms with E-state index < -0.39 is 26.5 Å². The summed E-state index contributed by atoms with van der Waals surface area (Å²) >= 11 is 0. The van der Waals surface area contributed by atoms with Crippen LogP contribution in [0.4, 0.5) is 0 Å². The number of hydrogen-bond acceptors (Lipinski definition) is 8. The zero-order chi connectivity index (χ0) is 40.0. The molecule has 0 N–H and O–H groups in total. The standard InChI is InChI=1S/C44H84NO8P/c1-6-8-10-12-14-16-18-20-22-24-26-28-30-32-34-36-43(46)50-40-42(41-52-54(48,49)51-39-38-45(3,4)5)53-44(47)37-35-33-31-29-27-25-23-21-19-17-15-13-11-9-7-2/h21,23,27,29,42H,6-20,22,24-26,28,30-41H2,1-5H3/b23-21-,29-27-/t42-/m1/s1. The summed E-state index contributed by atoms with van der Waals surface area (Å²) in [6.07, 6.45) is 39.2. The van der Waals surface area contributed by atoms with Crippen LogP contribution in [-0.2, 0) is 32.7 Å². The molecule has 2 atom stereocenters. The Hall–Kier alpha value is -1.51. The summed E-state index contributed by atoms with van der Waals surface area (Å²) in [6, 6.07) is 0. The number of phosphoric acid groups is 1. The maximum Gasteiger partial charge on any atom is 0.306 e. The average molecular weight is 786 g/mol. The Bertz CT molecular complexity index is 980. The minimum Gasteiger partial charge on any atom is -0.756 e. The fraction of sp³-hybridized carbons (Fsp3) is 0.864. The van der Waals surface area contributed by atoms with Gasteiger partial charge in [0.05, 0.1) is 27.7 Å². The number of allylic oxidation sites excluding steroid dienone is 4. The van der Waals surface area contributed by atoms with Gasteiger partial charge in [-0.05, 0) is 44.9 Å². The van der Waals surface area contributed by atoms with E-state index in [1.54, 1.807) is 0 Å². The van der Waals surface area contributed by atoms with Gasteiger partial charge in [-0.1, -0.05) is 160 Å².